The van der Waals surface area contributed by atoms with Gasteiger partial charge in [-0.05, 0) is 18.2 Å². The van der Waals surface area contributed by atoms with Gasteiger partial charge < -0.3 is 5.32 Å². The smallest absolute Gasteiger partial charge is 0.124 e. The molecule has 0 unspecified atom stereocenters. The first-order valence-electron chi connectivity index (χ1n) is 4.52. The van der Waals surface area contributed by atoms with E-state index in [4.69, 9.17) is 11.6 Å². The molecule has 4 heteroatoms. The highest BCUT2D eigenvalue weighted by molar-refractivity contribution is 7.99. The third-order valence-electron chi connectivity index (χ3n) is 2.18. The molecule has 0 bridgehead atoms. The lowest BCUT2D eigenvalue weighted by molar-refractivity contribution is 1.12. The van der Waals surface area contributed by atoms with Crippen molar-refractivity contribution in [2.24, 2.45) is 0 Å². The summed E-state index contributed by atoms with van der Waals surface area (Å²) in [5.74, 6) is 0. The van der Waals surface area contributed by atoms with Gasteiger partial charge in [0.2, 0.25) is 0 Å². The topological polar surface area (TPSA) is 24.9 Å². The maximum atomic E-state index is 5.89. The van der Waals surface area contributed by atoms with Crippen LogP contribution >= 0.6 is 23.4 Å². The largest absolute Gasteiger partial charge is 0.352 e. The van der Waals surface area contributed by atoms with Crippen molar-refractivity contribution >= 4 is 34.7 Å². The number of rotatable bonds is 0. The molecule has 74 valence electrons. The number of para-hydroxylation sites is 1. The average molecular weight is 235 g/mol. The van der Waals surface area contributed by atoms with Crippen LogP contribution < -0.4 is 5.32 Å². The Bertz CT molecular complexity index is 528. The van der Waals surface area contributed by atoms with Crippen LogP contribution in [0, 0.1) is 0 Å². The summed E-state index contributed by atoms with van der Waals surface area (Å²) in [6, 6.07) is 10.1. The molecule has 1 aliphatic heterocycles. The molecule has 0 saturated heterocycles. The fraction of sp³-hybridized carbons (Fsp3) is 0. The van der Waals surface area contributed by atoms with Gasteiger partial charge in [-0.15, -0.1) is 0 Å². The number of nitrogens with zero attached hydrogens (tertiary/aromatic N) is 1. The molecule has 1 aromatic heterocycles. The summed E-state index contributed by atoms with van der Waals surface area (Å²) in [5.41, 5.74) is 2.09. The van der Waals surface area contributed by atoms with Gasteiger partial charge in [0, 0.05) is 11.1 Å². The first kappa shape index (κ1) is 9.07. The number of hydrogen-bond acceptors (Lipinski definition) is 3. The van der Waals surface area contributed by atoms with Crippen molar-refractivity contribution in [2.45, 2.75) is 9.92 Å². The Labute approximate surface area is 96.7 Å². The summed E-state index contributed by atoms with van der Waals surface area (Å²) in [4.78, 5) is 5.48. The summed E-state index contributed by atoms with van der Waals surface area (Å²) >= 11 is 7.55. The monoisotopic (exact) mass is 234 g/mol. The lowest BCUT2D eigenvalue weighted by Crippen LogP contribution is -2.00. The van der Waals surface area contributed by atoms with Crippen LogP contribution in [0.25, 0.3) is 0 Å². The zero-order chi connectivity index (χ0) is 10.3. The first-order chi connectivity index (χ1) is 7.33. The number of fused-ring (bicyclic) bond motifs is 2. The summed E-state index contributed by atoms with van der Waals surface area (Å²) in [5, 5.41) is 4.94. The van der Waals surface area contributed by atoms with E-state index in [1.54, 1.807) is 18.0 Å². The van der Waals surface area contributed by atoms with Gasteiger partial charge in [0.1, 0.15) is 5.03 Å². The fourth-order valence-corrected chi connectivity index (χ4v) is 2.57. The van der Waals surface area contributed by atoms with Crippen molar-refractivity contribution < 1.29 is 0 Å². The lowest BCUT2D eigenvalue weighted by atomic mass is 10.3. The van der Waals surface area contributed by atoms with E-state index in [2.05, 4.69) is 16.4 Å². The molecule has 1 aliphatic rings. The Balaban J connectivity index is 2.11. The van der Waals surface area contributed by atoms with E-state index in [-0.39, 0.29) is 0 Å². The number of pyridine rings is 1. The molecule has 0 spiro atoms. The Morgan fingerprint density at radius 1 is 1.20 bits per heavy atom. The van der Waals surface area contributed by atoms with Crippen molar-refractivity contribution in [3.8, 4) is 0 Å². The Morgan fingerprint density at radius 3 is 3.00 bits per heavy atom. The number of halogens is 1. The second kappa shape index (κ2) is 3.43. The quantitative estimate of drug-likeness (QED) is 0.638. The third-order valence-corrected chi connectivity index (χ3v) is 3.48. The van der Waals surface area contributed by atoms with Crippen molar-refractivity contribution in [3.63, 3.8) is 0 Å². The van der Waals surface area contributed by atoms with Crippen LogP contribution in [-0.4, -0.2) is 4.98 Å². The highest BCUT2D eigenvalue weighted by Gasteiger charge is 2.15. The molecule has 0 amide bonds. The minimum absolute atomic E-state index is 0.654. The maximum absolute atomic E-state index is 5.89. The summed E-state index contributed by atoms with van der Waals surface area (Å²) in [7, 11) is 0. The van der Waals surface area contributed by atoms with Crippen LogP contribution in [-0.2, 0) is 0 Å². The molecule has 15 heavy (non-hydrogen) atoms. The van der Waals surface area contributed by atoms with E-state index >= 15 is 0 Å². The maximum Gasteiger partial charge on any atom is 0.124 e. The van der Waals surface area contributed by atoms with E-state index < -0.39 is 0 Å². The van der Waals surface area contributed by atoms with Gasteiger partial charge in [0.05, 0.1) is 16.4 Å². The van der Waals surface area contributed by atoms with Crippen LogP contribution in [0.1, 0.15) is 0 Å². The molecule has 0 saturated carbocycles. The molecule has 0 aliphatic carbocycles. The Morgan fingerprint density at radius 2 is 2.07 bits per heavy atom. The van der Waals surface area contributed by atoms with Crippen LogP contribution in [0.3, 0.4) is 0 Å². The van der Waals surface area contributed by atoms with Crippen LogP contribution in [0.4, 0.5) is 11.4 Å². The molecule has 1 N–H and O–H groups in total. The normalized spacial score (nSPS) is 12.6. The van der Waals surface area contributed by atoms with Gasteiger partial charge in [0.15, 0.2) is 0 Å². The number of aromatic nitrogens is 1. The van der Waals surface area contributed by atoms with Crippen molar-refractivity contribution in [1.29, 1.82) is 0 Å². The van der Waals surface area contributed by atoms with Crippen molar-refractivity contribution in [2.75, 3.05) is 5.32 Å². The summed E-state index contributed by atoms with van der Waals surface area (Å²) in [6.07, 6.45) is 1.67. The molecule has 2 aromatic rings. The minimum Gasteiger partial charge on any atom is -0.352 e. The molecule has 0 atom stereocenters. The zero-order valence-electron chi connectivity index (χ0n) is 7.70. The van der Waals surface area contributed by atoms with Crippen molar-refractivity contribution in [1.82, 2.24) is 4.98 Å². The second-order valence-corrected chi connectivity index (χ2v) is 4.70. The number of anilines is 2. The van der Waals surface area contributed by atoms with Gasteiger partial charge in [-0.2, -0.15) is 0 Å². The SMILES string of the molecule is Clc1cnc2c(c1)Nc1ccccc1S2. The van der Waals surface area contributed by atoms with E-state index in [9.17, 15) is 0 Å². The number of benzene rings is 1. The molecule has 2 heterocycles. The van der Waals surface area contributed by atoms with Crippen LogP contribution in [0.15, 0.2) is 46.5 Å². The van der Waals surface area contributed by atoms with Crippen molar-refractivity contribution in [3.05, 3.63) is 41.6 Å². The minimum atomic E-state index is 0.654. The molecular weight excluding hydrogens is 228 g/mol. The van der Waals surface area contributed by atoms with Gasteiger partial charge in [-0.3, -0.25) is 0 Å². The van der Waals surface area contributed by atoms with E-state index in [0.717, 1.165) is 16.4 Å². The molecule has 0 fully saturated rings. The highest BCUT2D eigenvalue weighted by Crippen LogP contribution is 2.43. The molecule has 3 rings (SSSR count). The fourth-order valence-electron chi connectivity index (χ4n) is 1.51. The highest BCUT2D eigenvalue weighted by atomic mass is 35.5. The summed E-state index contributed by atoms with van der Waals surface area (Å²) < 4.78 is 0. The lowest BCUT2D eigenvalue weighted by Gasteiger charge is -2.19. The number of hydrogen-bond donors (Lipinski definition) is 1. The van der Waals surface area contributed by atoms with Crippen LogP contribution in [0.5, 0.6) is 0 Å². The first-order valence-corrected chi connectivity index (χ1v) is 5.72. The van der Waals surface area contributed by atoms with Crippen LogP contribution in [0.2, 0.25) is 5.02 Å². The number of nitrogens with one attached hydrogen (secondary N) is 1. The molecule has 1 aromatic carbocycles. The standard InChI is InChI=1S/C11H7ClN2S/c12-7-5-9-11(13-6-7)15-10-4-2-1-3-8(10)14-9/h1-6,14H. The van der Waals surface area contributed by atoms with Gasteiger partial charge in [-0.1, -0.05) is 35.5 Å². The zero-order valence-corrected chi connectivity index (χ0v) is 9.27. The Hall–Kier alpha value is -1.19. The van der Waals surface area contributed by atoms with E-state index in [1.807, 2.05) is 24.3 Å². The molecular formula is C11H7ClN2S. The Kier molecular flexibility index (Phi) is 2.08. The average Bonchev–Trinajstić information content (AvgIpc) is 2.26. The predicted octanol–water partition coefficient (Wildman–Crippen LogP) is 3.94. The van der Waals surface area contributed by atoms with Gasteiger partial charge in [-0.25, -0.2) is 4.98 Å². The molecule has 0 radical (unpaired) electrons. The summed E-state index contributed by atoms with van der Waals surface area (Å²) in [6.45, 7) is 0. The van der Waals surface area contributed by atoms with E-state index in [0.29, 0.717) is 5.02 Å². The van der Waals surface area contributed by atoms with E-state index in [1.165, 1.54) is 4.90 Å². The second-order valence-electron chi connectivity index (χ2n) is 3.23. The third kappa shape index (κ3) is 1.58. The van der Waals surface area contributed by atoms with Gasteiger partial charge in [0.25, 0.3) is 0 Å². The molecule has 2 nitrogen and oxygen atoms in total. The predicted molar refractivity (Wildman–Crippen MR) is 63.1 cm³/mol. The van der Waals surface area contributed by atoms with Gasteiger partial charge >= 0.3 is 0 Å².